The summed E-state index contributed by atoms with van der Waals surface area (Å²) in [6.07, 6.45) is -0.148. The number of aromatic nitrogens is 1. The van der Waals surface area contributed by atoms with Gasteiger partial charge in [0.2, 0.25) is 0 Å². The van der Waals surface area contributed by atoms with Crippen LogP contribution in [-0.4, -0.2) is 34.6 Å². The number of benzene rings is 1. The molecule has 0 saturated carbocycles. The van der Waals surface area contributed by atoms with E-state index in [9.17, 15) is 9.59 Å². The standard InChI is InChI=1S/C18H20N2O4S/c1-4-14-18(23)20(8-7-16(21)22)13-9-12(5-6-15(13)24-14)17-10(2)25-11(3)19-17/h5-6,9,14H,4,7-8H2,1-3H3,(H,21,22). The molecule has 2 aromatic rings. The third-order valence-electron chi connectivity index (χ3n) is 4.16. The number of nitrogens with zero attached hydrogens (tertiary/aromatic N) is 2. The van der Waals surface area contributed by atoms with Crippen molar-refractivity contribution in [2.45, 2.75) is 39.7 Å². The Morgan fingerprint density at radius 1 is 1.40 bits per heavy atom. The molecule has 1 aromatic carbocycles. The summed E-state index contributed by atoms with van der Waals surface area (Å²) >= 11 is 1.62. The van der Waals surface area contributed by atoms with Gasteiger partial charge in [-0.05, 0) is 38.5 Å². The van der Waals surface area contributed by atoms with Crippen LogP contribution in [0.4, 0.5) is 5.69 Å². The molecule has 2 heterocycles. The predicted octanol–water partition coefficient (Wildman–Crippen LogP) is 3.41. The number of carbonyl (C=O) groups excluding carboxylic acids is 1. The number of anilines is 1. The number of thiazole rings is 1. The summed E-state index contributed by atoms with van der Waals surface area (Å²) in [4.78, 5) is 30.8. The fraction of sp³-hybridized carbons (Fsp3) is 0.389. The number of carbonyl (C=O) groups is 2. The molecule has 1 N–H and O–H groups in total. The van der Waals surface area contributed by atoms with Crippen molar-refractivity contribution < 1.29 is 19.4 Å². The lowest BCUT2D eigenvalue weighted by molar-refractivity contribution is -0.136. The van der Waals surface area contributed by atoms with Crippen LogP contribution in [0.3, 0.4) is 0 Å². The molecule has 3 rings (SSSR count). The predicted molar refractivity (Wildman–Crippen MR) is 96.3 cm³/mol. The molecule has 1 aliphatic rings. The van der Waals surface area contributed by atoms with Crippen LogP contribution in [0.5, 0.6) is 5.75 Å². The second-order valence-corrected chi connectivity index (χ2v) is 7.38. The number of rotatable bonds is 5. The SMILES string of the molecule is CCC1Oc2ccc(-c3nc(C)sc3C)cc2N(CCC(=O)O)C1=O. The molecular formula is C18H20N2O4S. The van der Waals surface area contributed by atoms with Crippen LogP contribution in [-0.2, 0) is 9.59 Å². The molecule has 0 saturated heterocycles. The Kier molecular flexibility index (Phi) is 4.76. The van der Waals surface area contributed by atoms with E-state index in [2.05, 4.69) is 4.98 Å². The molecule has 0 radical (unpaired) electrons. The Morgan fingerprint density at radius 2 is 2.16 bits per heavy atom. The first kappa shape index (κ1) is 17.4. The van der Waals surface area contributed by atoms with E-state index < -0.39 is 12.1 Å². The maximum atomic E-state index is 12.6. The van der Waals surface area contributed by atoms with Gasteiger partial charge in [0.15, 0.2) is 6.10 Å². The van der Waals surface area contributed by atoms with Gasteiger partial charge in [0, 0.05) is 17.0 Å². The van der Waals surface area contributed by atoms with Crippen molar-refractivity contribution in [1.82, 2.24) is 4.98 Å². The maximum absolute atomic E-state index is 12.6. The van der Waals surface area contributed by atoms with Crippen LogP contribution in [0.15, 0.2) is 18.2 Å². The van der Waals surface area contributed by atoms with Gasteiger partial charge in [-0.1, -0.05) is 6.92 Å². The molecule has 1 amide bonds. The van der Waals surface area contributed by atoms with Gasteiger partial charge in [-0.15, -0.1) is 11.3 Å². The van der Waals surface area contributed by atoms with Crippen LogP contribution in [0, 0.1) is 13.8 Å². The molecule has 0 bridgehead atoms. The van der Waals surface area contributed by atoms with Crippen molar-refractivity contribution in [3.05, 3.63) is 28.1 Å². The van der Waals surface area contributed by atoms with Gasteiger partial charge in [0.25, 0.3) is 5.91 Å². The molecule has 0 aliphatic carbocycles. The zero-order valence-corrected chi connectivity index (χ0v) is 15.2. The van der Waals surface area contributed by atoms with Crippen molar-refractivity contribution in [2.24, 2.45) is 0 Å². The van der Waals surface area contributed by atoms with E-state index >= 15 is 0 Å². The van der Waals surface area contributed by atoms with E-state index in [0.717, 1.165) is 21.1 Å². The molecule has 7 heteroatoms. The topological polar surface area (TPSA) is 79.7 Å². The average molecular weight is 360 g/mol. The van der Waals surface area contributed by atoms with Crippen LogP contribution in [0.1, 0.15) is 29.7 Å². The number of ether oxygens (including phenoxy) is 1. The molecule has 1 aromatic heterocycles. The van der Waals surface area contributed by atoms with E-state index in [1.807, 2.05) is 39.0 Å². The van der Waals surface area contributed by atoms with Crippen molar-refractivity contribution in [3.8, 4) is 17.0 Å². The summed E-state index contributed by atoms with van der Waals surface area (Å²) in [5.74, 6) is -0.527. The monoisotopic (exact) mass is 360 g/mol. The molecule has 132 valence electrons. The van der Waals surface area contributed by atoms with Gasteiger partial charge in [-0.3, -0.25) is 9.59 Å². The number of aryl methyl sites for hydroxylation is 2. The number of hydrogen-bond acceptors (Lipinski definition) is 5. The number of amides is 1. The van der Waals surface area contributed by atoms with Crippen molar-refractivity contribution in [1.29, 1.82) is 0 Å². The smallest absolute Gasteiger partial charge is 0.305 e. The highest BCUT2D eigenvalue weighted by Gasteiger charge is 2.33. The molecule has 1 atom stereocenters. The second kappa shape index (κ2) is 6.84. The number of fused-ring (bicyclic) bond motifs is 1. The first-order valence-electron chi connectivity index (χ1n) is 8.19. The molecule has 1 unspecified atom stereocenters. The van der Waals surface area contributed by atoms with Gasteiger partial charge in [-0.25, -0.2) is 4.98 Å². The molecule has 0 fully saturated rings. The Morgan fingerprint density at radius 3 is 2.76 bits per heavy atom. The van der Waals surface area contributed by atoms with Gasteiger partial charge in [0.1, 0.15) is 5.75 Å². The van der Waals surface area contributed by atoms with E-state index in [1.165, 1.54) is 4.90 Å². The quantitative estimate of drug-likeness (QED) is 0.884. The molecule has 6 nitrogen and oxygen atoms in total. The minimum absolute atomic E-state index is 0.110. The first-order chi connectivity index (χ1) is 11.9. The third kappa shape index (κ3) is 3.37. The average Bonchev–Trinajstić information content (AvgIpc) is 2.91. The molecular weight excluding hydrogens is 340 g/mol. The van der Waals surface area contributed by atoms with Gasteiger partial charge in [0.05, 0.1) is 22.8 Å². The van der Waals surface area contributed by atoms with Crippen LogP contribution < -0.4 is 9.64 Å². The Balaban J connectivity index is 2.03. The highest BCUT2D eigenvalue weighted by atomic mass is 32.1. The van der Waals surface area contributed by atoms with Gasteiger partial charge < -0.3 is 14.7 Å². The number of carboxylic acid groups (broad SMARTS) is 1. The number of hydrogen-bond donors (Lipinski definition) is 1. The Hall–Kier alpha value is -2.41. The summed E-state index contributed by atoms with van der Waals surface area (Å²) in [5, 5.41) is 9.97. The lowest BCUT2D eigenvalue weighted by Gasteiger charge is -2.34. The third-order valence-corrected chi connectivity index (χ3v) is 5.04. The lowest BCUT2D eigenvalue weighted by atomic mass is 10.1. The van der Waals surface area contributed by atoms with Crippen LogP contribution in [0.25, 0.3) is 11.3 Å². The zero-order chi connectivity index (χ0) is 18.1. The lowest BCUT2D eigenvalue weighted by Crippen LogP contribution is -2.46. The fourth-order valence-electron chi connectivity index (χ4n) is 2.96. The maximum Gasteiger partial charge on any atom is 0.305 e. The van der Waals surface area contributed by atoms with Crippen LogP contribution in [0.2, 0.25) is 0 Å². The molecule has 1 aliphatic heterocycles. The minimum Gasteiger partial charge on any atom is -0.481 e. The number of carboxylic acids is 1. The van der Waals surface area contributed by atoms with Gasteiger partial charge >= 0.3 is 5.97 Å². The highest BCUT2D eigenvalue weighted by molar-refractivity contribution is 7.11. The van der Waals surface area contributed by atoms with Crippen molar-refractivity contribution in [2.75, 3.05) is 11.4 Å². The largest absolute Gasteiger partial charge is 0.481 e. The van der Waals surface area contributed by atoms with E-state index in [1.54, 1.807) is 11.3 Å². The van der Waals surface area contributed by atoms with E-state index in [0.29, 0.717) is 17.9 Å². The van der Waals surface area contributed by atoms with Crippen LogP contribution >= 0.6 is 11.3 Å². The first-order valence-corrected chi connectivity index (χ1v) is 9.00. The normalized spacial score (nSPS) is 16.5. The zero-order valence-electron chi connectivity index (χ0n) is 14.4. The Labute approximate surface area is 150 Å². The Bertz CT molecular complexity index is 830. The van der Waals surface area contributed by atoms with Gasteiger partial charge in [-0.2, -0.15) is 0 Å². The summed E-state index contributed by atoms with van der Waals surface area (Å²) < 4.78 is 5.80. The van der Waals surface area contributed by atoms with Crippen molar-refractivity contribution >= 4 is 28.9 Å². The highest BCUT2D eigenvalue weighted by Crippen LogP contribution is 2.39. The minimum atomic E-state index is -0.934. The van der Waals surface area contributed by atoms with E-state index in [-0.39, 0.29) is 18.9 Å². The summed E-state index contributed by atoms with van der Waals surface area (Å²) in [5.41, 5.74) is 2.39. The van der Waals surface area contributed by atoms with Crippen molar-refractivity contribution in [3.63, 3.8) is 0 Å². The molecule has 25 heavy (non-hydrogen) atoms. The second-order valence-electron chi connectivity index (χ2n) is 5.97. The summed E-state index contributed by atoms with van der Waals surface area (Å²) in [7, 11) is 0. The fourth-order valence-corrected chi connectivity index (χ4v) is 3.80. The molecule has 0 spiro atoms. The summed E-state index contributed by atoms with van der Waals surface area (Å²) in [6, 6.07) is 5.63. The number of aliphatic carboxylic acids is 1. The van der Waals surface area contributed by atoms with E-state index in [4.69, 9.17) is 9.84 Å². The summed E-state index contributed by atoms with van der Waals surface area (Å²) in [6.45, 7) is 5.96.